The normalized spacial score (nSPS) is 11.6. The molecule has 90 valence electrons. The molecule has 0 bridgehead atoms. The number of aryl methyl sites for hydroxylation is 1. The van der Waals surface area contributed by atoms with Gasteiger partial charge in [-0.2, -0.15) is 11.3 Å². The van der Waals surface area contributed by atoms with Crippen LogP contribution < -0.4 is 5.73 Å². The number of thiophene rings is 1. The van der Waals surface area contributed by atoms with E-state index in [0.29, 0.717) is 10.6 Å². The number of nitrogen functional groups attached to an aromatic ring is 1. The third kappa shape index (κ3) is 2.68. The fourth-order valence-corrected chi connectivity index (χ4v) is 4.05. The molecule has 1 heterocycles. The van der Waals surface area contributed by atoms with Gasteiger partial charge in [-0.25, -0.2) is 8.42 Å². The molecule has 0 atom stereocenters. The van der Waals surface area contributed by atoms with Gasteiger partial charge in [0.05, 0.1) is 10.6 Å². The third-order valence-electron chi connectivity index (χ3n) is 2.48. The number of hydrogen-bond acceptors (Lipinski definition) is 4. The standard InChI is InChI=1S/C12H13NO2S2/c1-9-2-3-11(13)6-12(9)17(14,15)8-10-4-5-16-7-10/h2-7H,8,13H2,1H3. The second-order valence-electron chi connectivity index (χ2n) is 3.92. The molecule has 0 unspecified atom stereocenters. The minimum Gasteiger partial charge on any atom is -0.399 e. The van der Waals surface area contributed by atoms with E-state index in [0.717, 1.165) is 11.1 Å². The molecule has 0 aliphatic carbocycles. The van der Waals surface area contributed by atoms with Crippen LogP contribution in [0.4, 0.5) is 5.69 Å². The molecule has 17 heavy (non-hydrogen) atoms. The minimum absolute atomic E-state index is 0.0286. The highest BCUT2D eigenvalue weighted by Gasteiger charge is 2.18. The summed E-state index contributed by atoms with van der Waals surface area (Å²) < 4.78 is 24.4. The van der Waals surface area contributed by atoms with Gasteiger partial charge in [0.15, 0.2) is 9.84 Å². The van der Waals surface area contributed by atoms with Gasteiger partial charge in [0, 0.05) is 5.69 Å². The van der Waals surface area contributed by atoms with E-state index >= 15 is 0 Å². The van der Waals surface area contributed by atoms with E-state index in [1.807, 2.05) is 16.8 Å². The van der Waals surface area contributed by atoms with E-state index in [4.69, 9.17) is 5.73 Å². The van der Waals surface area contributed by atoms with Crippen molar-refractivity contribution in [2.24, 2.45) is 0 Å². The van der Waals surface area contributed by atoms with Gasteiger partial charge in [0.2, 0.25) is 0 Å². The molecular weight excluding hydrogens is 254 g/mol. The fraction of sp³-hybridized carbons (Fsp3) is 0.167. The Bertz CT molecular complexity index is 616. The molecule has 1 aromatic carbocycles. The van der Waals surface area contributed by atoms with Crippen molar-refractivity contribution in [3.05, 3.63) is 46.2 Å². The van der Waals surface area contributed by atoms with Crippen LogP contribution in [0.15, 0.2) is 39.9 Å². The van der Waals surface area contributed by atoms with E-state index in [-0.39, 0.29) is 5.75 Å². The van der Waals surface area contributed by atoms with Gasteiger partial charge in [-0.15, -0.1) is 0 Å². The Labute approximate surface area is 105 Å². The number of benzene rings is 1. The summed E-state index contributed by atoms with van der Waals surface area (Å²) in [4.78, 5) is 0.323. The average molecular weight is 267 g/mol. The Morgan fingerprint density at radius 2 is 2.06 bits per heavy atom. The van der Waals surface area contributed by atoms with Crippen molar-refractivity contribution in [2.75, 3.05) is 5.73 Å². The molecule has 2 aromatic rings. The summed E-state index contributed by atoms with van der Waals surface area (Å²) in [6.45, 7) is 1.78. The molecule has 3 nitrogen and oxygen atoms in total. The van der Waals surface area contributed by atoms with E-state index in [1.54, 1.807) is 19.1 Å². The lowest BCUT2D eigenvalue weighted by Gasteiger charge is -2.07. The Morgan fingerprint density at radius 1 is 1.29 bits per heavy atom. The third-order valence-corrected chi connectivity index (χ3v) is 5.04. The van der Waals surface area contributed by atoms with Crippen molar-refractivity contribution in [3.8, 4) is 0 Å². The second-order valence-corrected chi connectivity index (χ2v) is 6.65. The number of hydrogen-bond donors (Lipinski definition) is 1. The van der Waals surface area contributed by atoms with Crippen LogP contribution in [0.25, 0.3) is 0 Å². The Morgan fingerprint density at radius 3 is 2.71 bits per heavy atom. The zero-order valence-electron chi connectivity index (χ0n) is 9.38. The summed E-state index contributed by atoms with van der Waals surface area (Å²) >= 11 is 1.49. The van der Waals surface area contributed by atoms with E-state index < -0.39 is 9.84 Å². The molecule has 0 saturated carbocycles. The summed E-state index contributed by atoms with van der Waals surface area (Å²) in [6.07, 6.45) is 0. The van der Waals surface area contributed by atoms with Gasteiger partial charge in [-0.05, 0) is 47.0 Å². The van der Waals surface area contributed by atoms with Crippen LogP contribution in [0.5, 0.6) is 0 Å². The molecule has 0 spiro atoms. The van der Waals surface area contributed by atoms with Gasteiger partial charge < -0.3 is 5.73 Å². The Balaban J connectivity index is 2.41. The van der Waals surface area contributed by atoms with Crippen molar-refractivity contribution in [2.45, 2.75) is 17.6 Å². The maximum absolute atomic E-state index is 12.2. The van der Waals surface area contributed by atoms with Crippen LogP contribution in [0.3, 0.4) is 0 Å². The molecule has 0 radical (unpaired) electrons. The number of nitrogens with two attached hydrogens (primary N) is 1. The van der Waals surface area contributed by atoms with Crippen LogP contribution in [0, 0.1) is 6.92 Å². The Kier molecular flexibility index (Phi) is 3.22. The topological polar surface area (TPSA) is 60.2 Å². The maximum atomic E-state index is 12.2. The van der Waals surface area contributed by atoms with Gasteiger partial charge in [0.1, 0.15) is 0 Å². The van der Waals surface area contributed by atoms with Crippen LogP contribution in [-0.4, -0.2) is 8.42 Å². The zero-order chi connectivity index (χ0) is 12.5. The average Bonchev–Trinajstić information content (AvgIpc) is 2.73. The van der Waals surface area contributed by atoms with Gasteiger partial charge in [-0.3, -0.25) is 0 Å². The highest BCUT2D eigenvalue weighted by Crippen LogP contribution is 2.23. The predicted octanol–water partition coefficient (Wildman–Crippen LogP) is 2.61. The molecule has 0 aliphatic rings. The lowest BCUT2D eigenvalue weighted by molar-refractivity contribution is 0.595. The largest absolute Gasteiger partial charge is 0.399 e. The first-order valence-corrected chi connectivity index (χ1v) is 7.68. The lowest BCUT2D eigenvalue weighted by atomic mass is 10.2. The molecule has 2 rings (SSSR count). The summed E-state index contributed by atoms with van der Waals surface area (Å²) in [6, 6.07) is 6.79. The molecular formula is C12H13NO2S2. The molecule has 0 fully saturated rings. The zero-order valence-corrected chi connectivity index (χ0v) is 11.0. The molecule has 0 saturated heterocycles. The lowest BCUT2D eigenvalue weighted by Crippen LogP contribution is -2.07. The Hall–Kier alpha value is -1.33. The van der Waals surface area contributed by atoms with Crippen LogP contribution in [-0.2, 0) is 15.6 Å². The highest BCUT2D eigenvalue weighted by atomic mass is 32.2. The van der Waals surface area contributed by atoms with Crippen molar-refractivity contribution in [3.63, 3.8) is 0 Å². The minimum atomic E-state index is -3.31. The number of rotatable bonds is 3. The van der Waals surface area contributed by atoms with E-state index in [1.165, 1.54) is 17.4 Å². The SMILES string of the molecule is Cc1ccc(N)cc1S(=O)(=O)Cc1ccsc1. The van der Waals surface area contributed by atoms with Crippen LogP contribution in [0.2, 0.25) is 0 Å². The van der Waals surface area contributed by atoms with E-state index in [2.05, 4.69) is 0 Å². The summed E-state index contributed by atoms with van der Waals surface area (Å²) in [5.41, 5.74) is 7.65. The molecule has 5 heteroatoms. The predicted molar refractivity (Wildman–Crippen MR) is 70.8 cm³/mol. The van der Waals surface area contributed by atoms with Crippen LogP contribution >= 0.6 is 11.3 Å². The van der Waals surface area contributed by atoms with E-state index in [9.17, 15) is 8.42 Å². The van der Waals surface area contributed by atoms with Crippen molar-refractivity contribution in [1.29, 1.82) is 0 Å². The first kappa shape index (κ1) is 12.1. The quantitative estimate of drug-likeness (QED) is 0.870. The molecule has 2 N–H and O–H groups in total. The first-order valence-electron chi connectivity index (χ1n) is 5.09. The number of anilines is 1. The molecule has 0 aliphatic heterocycles. The van der Waals surface area contributed by atoms with Gasteiger partial charge in [-0.1, -0.05) is 6.07 Å². The molecule has 1 aromatic heterocycles. The van der Waals surface area contributed by atoms with Crippen LogP contribution in [0.1, 0.15) is 11.1 Å². The fourth-order valence-electron chi connectivity index (χ4n) is 1.62. The number of sulfone groups is 1. The van der Waals surface area contributed by atoms with Crippen molar-refractivity contribution < 1.29 is 8.42 Å². The first-order chi connectivity index (χ1) is 7.99. The molecule has 0 amide bonds. The second kappa shape index (κ2) is 4.50. The van der Waals surface area contributed by atoms with Gasteiger partial charge in [0.25, 0.3) is 0 Å². The summed E-state index contributed by atoms with van der Waals surface area (Å²) in [7, 11) is -3.31. The summed E-state index contributed by atoms with van der Waals surface area (Å²) in [5, 5.41) is 3.72. The smallest absolute Gasteiger partial charge is 0.182 e. The summed E-state index contributed by atoms with van der Waals surface area (Å²) in [5.74, 6) is 0.0286. The van der Waals surface area contributed by atoms with Crippen molar-refractivity contribution in [1.82, 2.24) is 0 Å². The van der Waals surface area contributed by atoms with Gasteiger partial charge >= 0.3 is 0 Å². The highest BCUT2D eigenvalue weighted by molar-refractivity contribution is 7.90. The van der Waals surface area contributed by atoms with Crippen molar-refractivity contribution >= 4 is 26.9 Å². The monoisotopic (exact) mass is 267 g/mol. The maximum Gasteiger partial charge on any atom is 0.182 e.